The summed E-state index contributed by atoms with van der Waals surface area (Å²) in [4.78, 5) is 0. The number of hydrogen-bond donors (Lipinski definition) is 0. The van der Waals surface area contributed by atoms with Crippen LogP contribution in [0.15, 0.2) is 78.9 Å². The Bertz CT molecular complexity index is 830. The van der Waals surface area contributed by atoms with Crippen molar-refractivity contribution in [2.45, 2.75) is 6.61 Å². The van der Waals surface area contributed by atoms with Gasteiger partial charge in [0.1, 0.15) is 12.4 Å². The molecule has 0 aliphatic carbocycles. The van der Waals surface area contributed by atoms with Crippen LogP contribution < -0.4 is 4.74 Å². The molecule has 112 valence electrons. The third-order valence-electron chi connectivity index (χ3n) is 3.32. The maximum Gasteiger partial charge on any atom is 0.139 e. The lowest BCUT2D eigenvalue weighted by Gasteiger charge is -2.09. The first-order valence-corrected chi connectivity index (χ1v) is 7.73. The van der Waals surface area contributed by atoms with E-state index in [1.807, 2.05) is 78.9 Å². The van der Waals surface area contributed by atoms with E-state index in [0.29, 0.717) is 17.4 Å². The first kappa shape index (κ1) is 15.2. The monoisotopic (exact) mass is 318 g/mol. The second-order valence-corrected chi connectivity index (χ2v) is 5.39. The number of hydrogen-bond acceptors (Lipinski definition) is 1. The number of rotatable bonds is 3. The Hall–Kier alpha value is -2.69. The minimum absolute atomic E-state index is 0.482. The van der Waals surface area contributed by atoms with Gasteiger partial charge in [-0.1, -0.05) is 78.0 Å². The van der Waals surface area contributed by atoms with Gasteiger partial charge in [0.2, 0.25) is 0 Å². The lowest BCUT2D eigenvalue weighted by molar-refractivity contribution is 0.306. The molecule has 0 aliphatic rings. The highest BCUT2D eigenvalue weighted by atomic mass is 35.5. The standard InChI is InChI=1S/C21H15ClO/c22-21-19(15-14-17-8-3-1-4-9-17)12-7-13-20(21)23-16-18-10-5-2-6-11-18/h1-13H,16H2. The van der Waals surface area contributed by atoms with Gasteiger partial charge < -0.3 is 4.74 Å². The van der Waals surface area contributed by atoms with Crippen molar-refractivity contribution >= 4 is 11.6 Å². The van der Waals surface area contributed by atoms with Gasteiger partial charge in [-0.25, -0.2) is 0 Å². The molecule has 0 saturated heterocycles. The van der Waals surface area contributed by atoms with Crippen LogP contribution in [0.25, 0.3) is 0 Å². The molecule has 0 atom stereocenters. The molecule has 0 amide bonds. The summed E-state index contributed by atoms with van der Waals surface area (Å²) in [6, 6.07) is 25.5. The largest absolute Gasteiger partial charge is 0.487 e. The van der Waals surface area contributed by atoms with E-state index in [-0.39, 0.29) is 0 Å². The van der Waals surface area contributed by atoms with E-state index in [1.54, 1.807) is 0 Å². The Morgan fingerprint density at radius 3 is 2.17 bits per heavy atom. The van der Waals surface area contributed by atoms with Crippen LogP contribution in [0.4, 0.5) is 0 Å². The summed E-state index contributed by atoms with van der Waals surface area (Å²) in [5, 5.41) is 0.548. The zero-order valence-corrected chi connectivity index (χ0v) is 13.3. The van der Waals surface area contributed by atoms with E-state index in [1.165, 1.54) is 0 Å². The van der Waals surface area contributed by atoms with Crippen molar-refractivity contribution in [1.29, 1.82) is 0 Å². The molecule has 0 N–H and O–H groups in total. The predicted octanol–water partition coefficient (Wildman–Crippen LogP) is 5.32. The predicted molar refractivity (Wildman–Crippen MR) is 94.6 cm³/mol. The topological polar surface area (TPSA) is 9.23 Å². The average molecular weight is 319 g/mol. The molecular weight excluding hydrogens is 304 g/mol. The Morgan fingerprint density at radius 2 is 1.43 bits per heavy atom. The van der Waals surface area contributed by atoms with Gasteiger partial charge >= 0.3 is 0 Å². The molecule has 3 aromatic rings. The van der Waals surface area contributed by atoms with Crippen molar-refractivity contribution < 1.29 is 4.74 Å². The summed E-state index contributed by atoms with van der Waals surface area (Å²) in [6.45, 7) is 0.482. The molecule has 23 heavy (non-hydrogen) atoms. The summed E-state index contributed by atoms with van der Waals surface area (Å²) in [7, 11) is 0. The normalized spacial score (nSPS) is 9.78. The van der Waals surface area contributed by atoms with Crippen LogP contribution in [0, 0.1) is 11.8 Å². The van der Waals surface area contributed by atoms with Crippen LogP contribution in [0.5, 0.6) is 5.75 Å². The Kier molecular flexibility index (Phi) is 4.99. The molecule has 0 aliphatic heterocycles. The molecule has 0 spiro atoms. The SMILES string of the molecule is Clc1c(C#Cc2ccccc2)cccc1OCc1ccccc1. The van der Waals surface area contributed by atoms with E-state index in [2.05, 4.69) is 11.8 Å². The fraction of sp³-hybridized carbons (Fsp3) is 0.0476. The van der Waals surface area contributed by atoms with E-state index in [9.17, 15) is 0 Å². The summed E-state index contributed by atoms with van der Waals surface area (Å²) in [6.07, 6.45) is 0. The summed E-state index contributed by atoms with van der Waals surface area (Å²) in [5.41, 5.74) is 2.82. The van der Waals surface area contributed by atoms with Gasteiger partial charge in [0.25, 0.3) is 0 Å². The highest BCUT2D eigenvalue weighted by Crippen LogP contribution is 2.28. The highest BCUT2D eigenvalue weighted by molar-refractivity contribution is 6.33. The second kappa shape index (κ2) is 7.54. The number of halogens is 1. The van der Waals surface area contributed by atoms with E-state index >= 15 is 0 Å². The molecule has 0 saturated carbocycles. The third kappa shape index (κ3) is 4.16. The van der Waals surface area contributed by atoms with Gasteiger partial charge in [0, 0.05) is 11.1 Å². The molecular formula is C21H15ClO. The van der Waals surface area contributed by atoms with Crippen molar-refractivity contribution in [1.82, 2.24) is 0 Å². The van der Waals surface area contributed by atoms with Crippen molar-refractivity contribution in [3.63, 3.8) is 0 Å². The zero-order chi connectivity index (χ0) is 15.9. The van der Waals surface area contributed by atoms with Crippen molar-refractivity contribution in [3.05, 3.63) is 101 Å². The van der Waals surface area contributed by atoms with Crippen molar-refractivity contribution in [2.24, 2.45) is 0 Å². The van der Waals surface area contributed by atoms with Crippen LogP contribution in [-0.4, -0.2) is 0 Å². The quantitative estimate of drug-likeness (QED) is 0.594. The molecule has 1 nitrogen and oxygen atoms in total. The van der Waals surface area contributed by atoms with Gasteiger partial charge in [-0.15, -0.1) is 0 Å². The first-order valence-electron chi connectivity index (χ1n) is 7.35. The zero-order valence-electron chi connectivity index (χ0n) is 12.5. The Balaban J connectivity index is 1.77. The third-order valence-corrected chi connectivity index (χ3v) is 3.71. The van der Waals surface area contributed by atoms with Gasteiger partial charge in [-0.05, 0) is 29.8 Å². The fourth-order valence-electron chi connectivity index (χ4n) is 2.12. The van der Waals surface area contributed by atoms with Crippen LogP contribution >= 0.6 is 11.6 Å². The second-order valence-electron chi connectivity index (χ2n) is 5.01. The van der Waals surface area contributed by atoms with Crippen LogP contribution in [0.3, 0.4) is 0 Å². The molecule has 0 bridgehead atoms. The van der Waals surface area contributed by atoms with E-state index in [4.69, 9.17) is 16.3 Å². The first-order chi connectivity index (χ1) is 11.3. The summed E-state index contributed by atoms with van der Waals surface area (Å²) < 4.78 is 5.82. The molecule has 0 unspecified atom stereocenters. The lowest BCUT2D eigenvalue weighted by atomic mass is 10.1. The van der Waals surface area contributed by atoms with Crippen LogP contribution in [-0.2, 0) is 6.61 Å². The van der Waals surface area contributed by atoms with E-state index in [0.717, 1.165) is 16.7 Å². The van der Waals surface area contributed by atoms with Gasteiger partial charge in [-0.3, -0.25) is 0 Å². The maximum absolute atomic E-state index is 6.41. The molecule has 3 aromatic carbocycles. The van der Waals surface area contributed by atoms with E-state index < -0.39 is 0 Å². The van der Waals surface area contributed by atoms with Gasteiger partial charge in [0.15, 0.2) is 0 Å². The maximum atomic E-state index is 6.41. The minimum Gasteiger partial charge on any atom is -0.487 e. The molecule has 0 fully saturated rings. The Morgan fingerprint density at radius 1 is 0.739 bits per heavy atom. The molecule has 0 heterocycles. The van der Waals surface area contributed by atoms with Gasteiger partial charge in [-0.2, -0.15) is 0 Å². The average Bonchev–Trinajstić information content (AvgIpc) is 2.61. The molecule has 3 rings (SSSR count). The molecule has 0 radical (unpaired) electrons. The molecule has 2 heteroatoms. The van der Waals surface area contributed by atoms with Crippen LogP contribution in [0.1, 0.15) is 16.7 Å². The molecule has 0 aromatic heterocycles. The highest BCUT2D eigenvalue weighted by Gasteiger charge is 2.05. The number of benzene rings is 3. The van der Waals surface area contributed by atoms with Crippen molar-refractivity contribution in [2.75, 3.05) is 0 Å². The fourth-order valence-corrected chi connectivity index (χ4v) is 2.34. The van der Waals surface area contributed by atoms with Crippen LogP contribution in [0.2, 0.25) is 5.02 Å². The summed E-state index contributed by atoms with van der Waals surface area (Å²) in [5.74, 6) is 6.87. The lowest BCUT2D eigenvalue weighted by Crippen LogP contribution is -1.96. The van der Waals surface area contributed by atoms with Gasteiger partial charge in [0.05, 0.1) is 5.02 Å². The number of ether oxygens (including phenoxy) is 1. The minimum atomic E-state index is 0.482. The van der Waals surface area contributed by atoms with Crippen molar-refractivity contribution in [3.8, 4) is 17.6 Å². The Labute approximate surface area is 141 Å². The summed E-state index contributed by atoms with van der Waals surface area (Å²) >= 11 is 6.41. The smallest absolute Gasteiger partial charge is 0.139 e.